The minimum atomic E-state index is 0.502. The minimum Gasteiger partial charge on any atom is -0.379 e. The SMILES string of the molecule is CCCCCCCC/C=C\CCCC(CCCC)OCC. The van der Waals surface area contributed by atoms with Gasteiger partial charge in [0.25, 0.3) is 0 Å². The maximum Gasteiger partial charge on any atom is 0.0575 e. The summed E-state index contributed by atoms with van der Waals surface area (Å²) in [5, 5.41) is 0. The first-order valence-corrected chi connectivity index (χ1v) is 9.61. The van der Waals surface area contributed by atoms with E-state index in [1.807, 2.05) is 0 Å². The Kier molecular flexibility index (Phi) is 17.5. The summed E-state index contributed by atoms with van der Waals surface area (Å²) in [5.41, 5.74) is 0. The first-order chi connectivity index (χ1) is 10.3. The van der Waals surface area contributed by atoms with Crippen molar-refractivity contribution >= 4 is 0 Å². The van der Waals surface area contributed by atoms with E-state index in [2.05, 4.69) is 32.9 Å². The molecule has 0 aromatic rings. The van der Waals surface area contributed by atoms with Crippen molar-refractivity contribution in [3.05, 3.63) is 12.2 Å². The lowest BCUT2D eigenvalue weighted by Crippen LogP contribution is -2.12. The first-order valence-electron chi connectivity index (χ1n) is 9.61. The van der Waals surface area contributed by atoms with Gasteiger partial charge in [-0.2, -0.15) is 0 Å². The monoisotopic (exact) mass is 296 g/mol. The molecule has 0 aromatic heterocycles. The average Bonchev–Trinajstić information content (AvgIpc) is 2.50. The first kappa shape index (κ1) is 20.7. The van der Waals surface area contributed by atoms with Crippen LogP contribution in [0.25, 0.3) is 0 Å². The van der Waals surface area contributed by atoms with Crippen molar-refractivity contribution in [2.24, 2.45) is 0 Å². The Morgan fingerprint density at radius 2 is 1.24 bits per heavy atom. The van der Waals surface area contributed by atoms with E-state index in [0.29, 0.717) is 6.10 Å². The topological polar surface area (TPSA) is 9.23 Å². The van der Waals surface area contributed by atoms with Crippen LogP contribution in [0.4, 0.5) is 0 Å². The van der Waals surface area contributed by atoms with Gasteiger partial charge in [-0.3, -0.25) is 0 Å². The van der Waals surface area contributed by atoms with Crippen LogP contribution in [-0.2, 0) is 4.74 Å². The van der Waals surface area contributed by atoms with Gasteiger partial charge in [0.2, 0.25) is 0 Å². The highest BCUT2D eigenvalue weighted by molar-refractivity contribution is 4.81. The Bertz CT molecular complexity index is 210. The fraction of sp³-hybridized carbons (Fsp3) is 0.900. The van der Waals surface area contributed by atoms with Crippen molar-refractivity contribution < 1.29 is 4.74 Å². The molecule has 0 aliphatic rings. The molecule has 1 atom stereocenters. The molecule has 0 amide bonds. The van der Waals surface area contributed by atoms with Crippen molar-refractivity contribution in [2.75, 3.05) is 6.61 Å². The Balaban J connectivity index is 3.39. The molecule has 0 saturated heterocycles. The van der Waals surface area contributed by atoms with E-state index in [-0.39, 0.29) is 0 Å². The van der Waals surface area contributed by atoms with Gasteiger partial charge in [0.1, 0.15) is 0 Å². The van der Waals surface area contributed by atoms with Crippen LogP contribution in [0.1, 0.15) is 104 Å². The second-order valence-corrected chi connectivity index (χ2v) is 6.18. The van der Waals surface area contributed by atoms with Crippen molar-refractivity contribution in [2.45, 2.75) is 110 Å². The predicted molar refractivity (Wildman–Crippen MR) is 95.9 cm³/mol. The highest BCUT2D eigenvalue weighted by atomic mass is 16.5. The molecule has 0 aliphatic heterocycles. The van der Waals surface area contributed by atoms with Crippen LogP contribution in [0, 0.1) is 0 Å². The van der Waals surface area contributed by atoms with Gasteiger partial charge in [-0.1, -0.05) is 70.9 Å². The van der Waals surface area contributed by atoms with E-state index in [9.17, 15) is 0 Å². The third kappa shape index (κ3) is 15.9. The molecule has 0 N–H and O–H groups in total. The minimum absolute atomic E-state index is 0.502. The van der Waals surface area contributed by atoms with E-state index in [4.69, 9.17) is 4.74 Å². The number of rotatable bonds is 16. The standard InChI is InChI=1S/C20H40O/c1-4-7-9-10-11-12-13-14-15-16-17-19-20(21-6-3)18-8-5-2/h14-15,20H,4-13,16-19H2,1-3H3/b15-14-. The van der Waals surface area contributed by atoms with Crippen molar-refractivity contribution in [3.63, 3.8) is 0 Å². The third-order valence-electron chi connectivity index (χ3n) is 4.07. The number of unbranched alkanes of at least 4 members (excludes halogenated alkanes) is 8. The van der Waals surface area contributed by atoms with Gasteiger partial charge >= 0.3 is 0 Å². The van der Waals surface area contributed by atoms with Crippen LogP contribution in [0.5, 0.6) is 0 Å². The van der Waals surface area contributed by atoms with E-state index in [1.165, 1.54) is 83.5 Å². The summed E-state index contributed by atoms with van der Waals surface area (Å²) in [6.07, 6.45) is 22.5. The lowest BCUT2D eigenvalue weighted by molar-refractivity contribution is 0.0480. The Morgan fingerprint density at radius 3 is 1.90 bits per heavy atom. The summed E-state index contributed by atoms with van der Waals surface area (Å²) in [6, 6.07) is 0. The zero-order valence-corrected chi connectivity index (χ0v) is 15.0. The highest BCUT2D eigenvalue weighted by Crippen LogP contribution is 2.13. The molecule has 0 fully saturated rings. The van der Waals surface area contributed by atoms with Crippen LogP contribution in [0.2, 0.25) is 0 Å². The molecule has 0 aliphatic carbocycles. The largest absolute Gasteiger partial charge is 0.379 e. The Labute approximate surface area is 134 Å². The quantitative estimate of drug-likeness (QED) is 0.219. The predicted octanol–water partition coefficient (Wildman–Crippen LogP) is 7.06. The Hall–Kier alpha value is -0.300. The van der Waals surface area contributed by atoms with Gasteiger partial charge in [0.15, 0.2) is 0 Å². The van der Waals surface area contributed by atoms with Gasteiger partial charge in [-0.25, -0.2) is 0 Å². The summed E-state index contributed by atoms with van der Waals surface area (Å²) < 4.78 is 5.81. The maximum atomic E-state index is 5.81. The molecule has 0 bridgehead atoms. The summed E-state index contributed by atoms with van der Waals surface area (Å²) in [4.78, 5) is 0. The van der Waals surface area contributed by atoms with Crippen LogP contribution in [0.3, 0.4) is 0 Å². The summed E-state index contributed by atoms with van der Waals surface area (Å²) in [7, 11) is 0. The van der Waals surface area contributed by atoms with Crippen LogP contribution in [-0.4, -0.2) is 12.7 Å². The molecule has 126 valence electrons. The van der Waals surface area contributed by atoms with Gasteiger partial charge in [0.05, 0.1) is 6.10 Å². The van der Waals surface area contributed by atoms with Crippen LogP contribution < -0.4 is 0 Å². The zero-order valence-electron chi connectivity index (χ0n) is 15.0. The molecule has 0 rings (SSSR count). The average molecular weight is 297 g/mol. The molecular weight excluding hydrogens is 256 g/mol. The van der Waals surface area contributed by atoms with Crippen LogP contribution in [0.15, 0.2) is 12.2 Å². The second-order valence-electron chi connectivity index (χ2n) is 6.18. The molecule has 0 heterocycles. The highest BCUT2D eigenvalue weighted by Gasteiger charge is 2.06. The normalized spacial score (nSPS) is 13.1. The maximum absolute atomic E-state index is 5.81. The summed E-state index contributed by atoms with van der Waals surface area (Å²) in [6.45, 7) is 7.51. The molecule has 0 spiro atoms. The van der Waals surface area contributed by atoms with Crippen LogP contribution >= 0.6 is 0 Å². The number of allylic oxidation sites excluding steroid dienone is 2. The molecular formula is C20H40O. The van der Waals surface area contributed by atoms with Crippen molar-refractivity contribution in [1.82, 2.24) is 0 Å². The molecule has 0 aromatic carbocycles. The molecule has 21 heavy (non-hydrogen) atoms. The Morgan fingerprint density at radius 1 is 0.667 bits per heavy atom. The van der Waals surface area contributed by atoms with Gasteiger partial charge in [-0.05, 0) is 45.4 Å². The molecule has 1 nitrogen and oxygen atoms in total. The van der Waals surface area contributed by atoms with E-state index < -0.39 is 0 Å². The van der Waals surface area contributed by atoms with E-state index in [1.54, 1.807) is 0 Å². The molecule has 1 heteroatoms. The van der Waals surface area contributed by atoms with Gasteiger partial charge in [0, 0.05) is 6.61 Å². The van der Waals surface area contributed by atoms with E-state index in [0.717, 1.165) is 6.61 Å². The summed E-state index contributed by atoms with van der Waals surface area (Å²) in [5.74, 6) is 0. The zero-order chi connectivity index (χ0) is 15.6. The van der Waals surface area contributed by atoms with Gasteiger partial charge in [-0.15, -0.1) is 0 Å². The van der Waals surface area contributed by atoms with E-state index >= 15 is 0 Å². The lowest BCUT2D eigenvalue weighted by atomic mass is 10.1. The number of hydrogen-bond donors (Lipinski definition) is 0. The molecule has 0 saturated carbocycles. The van der Waals surface area contributed by atoms with Crippen molar-refractivity contribution in [3.8, 4) is 0 Å². The smallest absolute Gasteiger partial charge is 0.0575 e. The van der Waals surface area contributed by atoms with Crippen molar-refractivity contribution in [1.29, 1.82) is 0 Å². The number of ether oxygens (including phenoxy) is 1. The number of hydrogen-bond acceptors (Lipinski definition) is 1. The lowest BCUT2D eigenvalue weighted by Gasteiger charge is -2.15. The molecule has 0 radical (unpaired) electrons. The van der Waals surface area contributed by atoms with Gasteiger partial charge < -0.3 is 4.74 Å². The summed E-state index contributed by atoms with van der Waals surface area (Å²) >= 11 is 0. The molecule has 1 unspecified atom stereocenters. The third-order valence-corrected chi connectivity index (χ3v) is 4.07. The fourth-order valence-electron chi connectivity index (χ4n) is 2.72. The fourth-order valence-corrected chi connectivity index (χ4v) is 2.72. The second kappa shape index (κ2) is 17.8.